The van der Waals surface area contributed by atoms with Crippen molar-refractivity contribution >= 4 is 23.4 Å². The zero-order valence-electron chi connectivity index (χ0n) is 15.7. The molecule has 0 spiro atoms. The molecule has 1 aromatic heterocycles. The number of anilines is 2. The van der Waals surface area contributed by atoms with Crippen LogP contribution in [0.15, 0.2) is 30.5 Å². The zero-order valence-corrected chi connectivity index (χ0v) is 16.4. The molecule has 6 nitrogen and oxygen atoms in total. The number of nitrogens with two attached hydrogens (primary N) is 1. The summed E-state index contributed by atoms with van der Waals surface area (Å²) < 4.78 is 41.7. The first-order chi connectivity index (χ1) is 13.8. The SMILES string of the molecule is N[C@H]1CC[C@@H](CNc2nc(NCc3ccccc3OC(F)(F)F)ncc2Cl)CC1. The van der Waals surface area contributed by atoms with Crippen molar-refractivity contribution in [3.05, 3.63) is 41.0 Å². The number of hydrogen-bond acceptors (Lipinski definition) is 6. The van der Waals surface area contributed by atoms with E-state index in [-0.39, 0.29) is 24.3 Å². The average Bonchev–Trinajstić information content (AvgIpc) is 2.67. The second-order valence-electron chi connectivity index (χ2n) is 7.06. The largest absolute Gasteiger partial charge is 0.573 e. The van der Waals surface area contributed by atoms with E-state index in [1.807, 2.05) is 0 Å². The molecule has 3 rings (SSSR count). The molecule has 158 valence electrons. The molecular formula is C19H23ClF3N5O. The summed E-state index contributed by atoms with van der Waals surface area (Å²) >= 11 is 6.17. The predicted octanol–water partition coefficient (Wildman–Crippen LogP) is 4.57. The minimum atomic E-state index is -4.76. The van der Waals surface area contributed by atoms with Crippen LogP contribution in [0.4, 0.5) is 24.9 Å². The van der Waals surface area contributed by atoms with Crippen LogP contribution in [0, 0.1) is 5.92 Å². The summed E-state index contributed by atoms with van der Waals surface area (Å²) in [6, 6.07) is 6.19. The highest BCUT2D eigenvalue weighted by Gasteiger charge is 2.32. The van der Waals surface area contributed by atoms with Gasteiger partial charge >= 0.3 is 6.36 Å². The summed E-state index contributed by atoms with van der Waals surface area (Å²) in [4.78, 5) is 8.43. The monoisotopic (exact) mass is 429 g/mol. The Morgan fingerprint density at radius 1 is 1.14 bits per heavy atom. The fourth-order valence-corrected chi connectivity index (χ4v) is 3.42. The molecular weight excluding hydrogens is 407 g/mol. The van der Waals surface area contributed by atoms with Crippen LogP contribution in [0.1, 0.15) is 31.2 Å². The number of para-hydroxylation sites is 1. The summed E-state index contributed by atoms with van der Waals surface area (Å²) in [6.45, 7) is 0.791. The van der Waals surface area contributed by atoms with Crippen LogP contribution >= 0.6 is 11.6 Å². The van der Waals surface area contributed by atoms with E-state index in [1.165, 1.54) is 24.4 Å². The molecule has 10 heteroatoms. The maximum atomic E-state index is 12.5. The molecule has 1 fully saturated rings. The van der Waals surface area contributed by atoms with Crippen molar-refractivity contribution in [3.8, 4) is 5.75 Å². The highest BCUT2D eigenvalue weighted by molar-refractivity contribution is 6.32. The van der Waals surface area contributed by atoms with Crippen molar-refractivity contribution in [1.82, 2.24) is 9.97 Å². The van der Waals surface area contributed by atoms with Crippen molar-refractivity contribution in [2.45, 2.75) is 44.6 Å². The van der Waals surface area contributed by atoms with Crippen molar-refractivity contribution in [2.75, 3.05) is 17.2 Å². The summed E-state index contributed by atoms with van der Waals surface area (Å²) in [5.41, 5.74) is 6.26. The molecule has 1 aromatic carbocycles. The molecule has 0 bridgehead atoms. The van der Waals surface area contributed by atoms with E-state index >= 15 is 0 Å². The molecule has 4 N–H and O–H groups in total. The van der Waals surface area contributed by atoms with Gasteiger partial charge in [0.2, 0.25) is 5.95 Å². The first kappa shape index (κ1) is 21.4. The van der Waals surface area contributed by atoms with Gasteiger partial charge in [0.25, 0.3) is 0 Å². The Bertz CT molecular complexity index is 813. The zero-order chi connectivity index (χ0) is 20.9. The first-order valence-corrected chi connectivity index (χ1v) is 9.77. The van der Waals surface area contributed by atoms with Gasteiger partial charge in [-0.2, -0.15) is 4.98 Å². The first-order valence-electron chi connectivity index (χ1n) is 9.39. The quantitative estimate of drug-likeness (QED) is 0.597. The maximum absolute atomic E-state index is 12.5. The Kier molecular flexibility index (Phi) is 7.02. The van der Waals surface area contributed by atoms with Gasteiger partial charge in [-0.1, -0.05) is 29.8 Å². The van der Waals surface area contributed by atoms with E-state index < -0.39 is 6.36 Å². The smallest absolute Gasteiger partial charge is 0.405 e. The highest BCUT2D eigenvalue weighted by atomic mass is 35.5. The minimum Gasteiger partial charge on any atom is -0.405 e. The topological polar surface area (TPSA) is 85.1 Å². The Hall–Kier alpha value is -2.26. The Balaban J connectivity index is 1.60. The van der Waals surface area contributed by atoms with Crippen LogP contribution in [0.2, 0.25) is 5.02 Å². The van der Waals surface area contributed by atoms with Crippen LogP contribution in [0.25, 0.3) is 0 Å². The molecule has 0 amide bonds. The fraction of sp³-hybridized carbons (Fsp3) is 0.474. The van der Waals surface area contributed by atoms with Gasteiger partial charge in [-0.25, -0.2) is 4.98 Å². The standard InChI is InChI=1S/C19H23ClF3N5O/c20-15-11-27-18(28-17(15)25-9-12-5-7-14(24)8-6-12)26-10-13-3-1-2-4-16(13)29-19(21,22)23/h1-4,11-12,14H,5-10,24H2,(H2,25,26,27,28)/t12-,14+. The van der Waals surface area contributed by atoms with Crippen LogP contribution < -0.4 is 21.1 Å². The second-order valence-corrected chi connectivity index (χ2v) is 7.47. The van der Waals surface area contributed by atoms with Crippen molar-refractivity contribution in [1.29, 1.82) is 0 Å². The van der Waals surface area contributed by atoms with E-state index in [4.69, 9.17) is 17.3 Å². The van der Waals surface area contributed by atoms with Gasteiger partial charge in [0.05, 0.1) is 6.20 Å². The lowest BCUT2D eigenvalue weighted by molar-refractivity contribution is -0.274. The second kappa shape index (κ2) is 9.49. The summed E-state index contributed by atoms with van der Waals surface area (Å²) in [6.07, 6.45) is 0.823. The minimum absolute atomic E-state index is 0.0633. The number of halogens is 4. The van der Waals surface area contributed by atoms with Gasteiger partial charge in [0.1, 0.15) is 16.6 Å². The van der Waals surface area contributed by atoms with Gasteiger partial charge < -0.3 is 21.1 Å². The van der Waals surface area contributed by atoms with Crippen LogP contribution in [0.5, 0.6) is 5.75 Å². The molecule has 0 unspecified atom stereocenters. The van der Waals surface area contributed by atoms with Gasteiger partial charge in [-0.3, -0.25) is 0 Å². The van der Waals surface area contributed by atoms with Crippen LogP contribution in [0.3, 0.4) is 0 Å². The van der Waals surface area contributed by atoms with Crippen molar-refractivity contribution in [2.24, 2.45) is 11.7 Å². The Labute approximate surface area is 172 Å². The Morgan fingerprint density at radius 3 is 2.59 bits per heavy atom. The number of ether oxygens (including phenoxy) is 1. The van der Waals surface area contributed by atoms with E-state index in [2.05, 4.69) is 25.3 Å². The molecule has 0 saturated heterocycles. The van der Waals surface area contributed by atoms with Gasteiger partial charge in [0, 0.05) is 24.7 Å². The third-order valence-corrected chi connectivity index (χ3v) is 5.11. The fourth-order valence-electron chi connectivity index (χ4n) is 3.26. The molecule has 29 heavy (non-hydrogen) atoms. The van der Waals surface area contributed by atoms with Crippen molar-refractivity contribution < 1.29 is 17.9 Å². The highest BCUT2D eigenvalue weighted by Crippen LogP contribution is 2.28. The normalized spacial score (nSPS) is 19.6. The third-order valence-electron chi connectivity index (χ3n) is 4.83. The summed E-state index contributed by atoms with van der Waals surface area (Å²) in [7, 11) is 0. The van der Waals surface area contributed by atoms with E-state index in [9.17, 15) is 13.2 Å². The molecule has 2 aromatic rings. The number of alkyl halides is 3. The maximum Gasteiger partial charge on any atom is 0.573 e. The molecule has 1 aliphatic carbocycles. The molecule has 0 atom stereocenters. The lowest BCUT2D eigenvalue weighted by atomic mass is 9.86. The van der Waals surface area contributed by atoms with Crippen LogP contribution in [-0.4, -0.2) is 28.9 Å². The molecule has 1 aliphatic rings. The number of benzene rings is 1. The van der Waals surface area contributed by atoms with Crippen molar-refractivity contribution in [3.63, 3.8) is 0 Å². The summed E-state index contributed by atoms with van der Waals surface area (Å²) in [5.74, 6) is 0.974. The van der Waals surface area contributed by atoms with Gasteiger partial charge in [0.15, 0.2) is 0 Å². The van der Waals surface area contributed by atoms with Crippen LogP contribution in [-0.2, 0) is 6.54 Å². The third kappa shape index (κ3) is 6.64. The molecule has 0 aliphatic heterocycles. The molecule has 0 radical (unpaired) electrons. The summed E-state index contributed by atoms with van der Waals surface area (Å²) in [5, 5.41) is 6.53. The number of hydrogen-bond donors (Lipinski definition) is 3. The molecule has 1 heterocycles. The van der Waals surface area contributed by atoms with E-state index in [0.29, 0.717) is 22.3 Å². The number of nitrogens with zero attached hydrogens (tertiary/aromatic N) is 2. The van der Waals surface area contributed by atoms with E-state index in [0.717, 1.165) is 32.2 Å². The number of rotatable bonds is 7. The lowest BCUT2D eigenvalue weighted by Crippen LogP contribution is -2.29. The predicted molar refractivity (Wildman–Crippen MR) is 106 cm³/mol. The lowest BCUT2D eigenvalue weighted by Gasteiger charge is -2.26. The number of aromatic nitrogens is 2. The number of nitrogens with one attached hydrogen (secondary N) is 2. The van der Waals surface area contributed by atoms with Gasteiger partial charge in [-0.15, -0.1) is 13.2 Å². The average molecular weight is 430 g/mol. The Morgan fingerprint density at radius 2 is 1.86 bits per heavy atom. The van der Waals surface area contributed by atoms with Gasteiger partial charge in [-0.05, 0) is 37.7 Å². The molecule has 1 saturated carbocycles. The van der Waals surface area contributed by atoms with E-state index in [1.54, 1.807) is 6.07 Å².